The topological polar surface area (TPSA) is 24.3 Å². The van der Waals surface area contributed by atoms with Gasteiger partial charge in [-0.25, -0.2) is 4.98 Å². The van der Waals surface area contributed by atoms with Gasteiger partial charge in [0.15, 0.2) is 0 Å². The molecule has 1 aliphatic rings. The van der Waals surface area contributed by atoms with Crippen molar-refractivity contribution in [2.75, 3.05) is 37.6 Å². The fourth-order valence-electron chi connectivity index (χ4n) is 3.89. The normalized spacial score (nSPS) is 15.7. The van der Waals surface area contributed by atoms with Crippen LogP contribution in [-0.4, -0.2) is 47.2 Å². The lowest BCUT2D eigenvalue weighted by Gasteiger charge is -2.35. The van der Waals surface area contributed by atoms with E-state index in [9.17, 15) is 0 Å². The molecule has 5 heteroatoms. The van der Waals surface area contributed by atoms with Gasteiger partial charge in [-0.3, -0.25) is 4.90 Å². The highest BCUT2D eigenvalue weighted by Gasteiger charge is 2.18. The third-order valence-electron chi connectivity index (χ3n) is 5.30. The fourth-order valence-corrected chi connectivity index (χ4v) is 4.05. The van der Waals surface area contributed by atoms with Gasteiger partial charge in [0.25, 0.3) is 0 Å². The Bertz CT molecular complexity index is 881. The maximum absolute atomic E-state index is 6.01. The van der Waals surface area contributed by atoms with Gasteiger partial charge in [-0.05, 0) is 43.1 Å². The molecule has 1 fully saturated rings. The van der Waals surface area contributed by atoms with Crippen LogP contribution in [0.25, 0.3) is 10.9 Å². The van der Waals surface area contributed by atoms with Crippen LogP contribution in [0.1, 0.15) is 12.0 Å². The van der Waals surface area contributed by atoms with Crippen molar-refractivity contribution in [2.45, 2.75) is 12.8 Å². The van der Waals surface area contributed by atoms with E-state index in [-0.39, 0.29) is 0 Å². The van der Waals surface area contributed by atoms with Gasteiger partial charge in [-0.2, -0.15) is 0 Å². The van der Waals surface area contributed by atoms with Gasteiger partial charge in [0.05, 0.1) is 0 Å². The van der Waals surface area contributed by atoms with Gasteiger partial charge in [0, 0.05) is 50.3 Å². The average Bonchev–Trinajstić information content (AvgIpc) is 2.99. The SMILES string of the molecule is Cn1cc(CCCN2CCN(c3cccc(Cl)n3)CC2)c2ccccc21. The van der Waals surface area contributed by atoms with Crippen LogP contribution in [0.5, 0.6) is 0 Å². The molecule has 0 unspecified atom stereocenters. The van der Waals surface area contributed by atoms with Crippen LogP contribution >= 0.6 is 11.6 Å². The van der Waals surface area contributed by atoms with Crippen molar-refractivity contribution in [2.24, 2.45) is 7.05 Å². The predicted octanol–water partition coefficient (Wildman–Crippen LogP) is 3.98. The predicted molar refractivity (Wildman–Crippen MR) is 109 cm³/mol. The Hall–Kier alpha value is -2.04. The van der Waals surface area contributed by atoms with Crippen LogP contribution in [0, 0.1) is 0 Å². The first-order chi connectivity index (χ1) is 12.7. The van der Waals surface area contributed by atoms with Crippen molar-refractivity contribution in [1.29, 1.82) is 0 Å². The van der Waals surface area contributed by atoms with Crippen LogP contribution in [0.15, 0.2) is 48.7 Å². The number of aryl methyl sites for hydroxylation is 2. The van der Waals surface area contributed by atoms with Crippen molar-refractivity contribution < 1.29 is 0 Å². The highest BCUT2D eigenvalue weighted by Crippen LogP contribution is 2.22. The Kier molecular flexibility index (Phi) is 5.14. The molecule has 2 aromatic heterocycles. The first-order valence-electron chi connectivity index (χ1n) is 9.33. The van der Waals surface area contributed by atoms with E-state index in [0.29, 0.717) is 5.15 Å². The van der Waals surface area contributed by atoms with E-state index in [1.54, 1.807) is 0 Å². The number of aromatic nitrogens is 2. The number of halogens is 1. The molecule has 26 heavy (non-hydrogen) atoms. The molecule has 0 aliphatic carbocycles. The van der Waals surface area contributed by atoms with Gasteiger partial charge in [-0.1, -0.05) is 35.9 Å². The van der Waals surface area contributed by atoms with Crippen LogP contribution in [0.2, 0.25) is 5.15 Å². The molecule has 1 aliphatic heterocycles. The van der Waals surface area contributed by atoms with Crippen molar-refractivity contribution in [3.8, 4) is 0 Å². The summed E-state index contributed by atoms with van der Waals surface area (Å²) in [5, 5.41) is 1.96. The van der Waals surface area contributed by atoms with E-state index in [4.69, 9.17) is 11.6 Å². The summed E-state index contributed by atoms with van der Waals surface area (Å²) >= 11 is 6.01. The summed E-state index contributed by atoms with van der Waals surface area (Å²) in [7, 11) is 2.13. The number of benzene rings is 1. The summed E-state index contributed by atoms with van der Waals surface area (Å²) < 4.78 is 2.24. The lowest BCUT2D eigenvalue weighted by Crippen LogP contribution is -2.47. The van der Waals surface area contributed by atoms with Gasteiger partial charge in [0.1, 0.15) is 11.0 Å². The first-order valence-corrected chi connectivity index (χ1v) is 9.71. The third kappa shape index (κ3) is 3.71. The quantitative estimate of drug-likeness (QED) is 0.636. The van der Waals surface area contributed by atoms with Crippen molar-refractivity contribution in [1.82, 2.24) is 14.5 Å². The Morgan fingerprint density at radius 1 is 1.00 bits per heavy atom. The number of para-hydroxylation sites is 1. The lowest BCUT2D eigenvalue weighted by atomic mass is 10.1. The van der Waals surface area contributed by atoms with Gasteiger partial charge < -0.3 is 9.47 Å². The van der Waals surface area contributed by atoms with Crippen molar-refractivity contribution in [3.05, 3.63) is 59.4 Å². The Labute approximate surface area is 160 Å². The minimum absolute atomic E-state index is 0.569. The zero-order valence-corrected chi connectivity index (χ0v) is 16.0. The lowest BCUT2D eigenvalue weighted by molar-refractivity contribution is 0.254. The van der Waals surface area contributed by atoms with E-state index in [1.807, 2.05) is 18.2 Å². The Morgan fingerprint density at radius 3 is 2.62 bits per heavy atom. The third-order valence-corrected chi connectivity index (χ3v) is 5.51. The molecule has 0 atom stereocenters. The molecular weight excluding hydrogens is 344 g/mol. The molecule has 0 spiro atoms. The summed E-state index contributed by atoms with van der Waals surface area (Å²) in [6, 6.07) is 14.5. The number of rotatable bonds is 5. The number of piperazine rings is 1. The van der Waals surface area contributed by atoms with E-state index in [0.717, 1.165) is 45.0 Å². The molecule has 136 valence electrons. The standard InChI is InChI=1S/C21H25ClN4/c1-24-16-17(18-7-2-3-8-19(18)24)6-5-11-25-12-14-26(15-13-25)21-10-4-9-20(22)23-21/h2-4,7-10,16H,5-6,11-15H2,1H3. The van der Waals surface area contributed by atoms with Crippen molar-refractivity contribution >= 4 is 28.3 Å². The Morgan fingerprint density at radius 2 is 1.81 bits per heavy atom. The largest absolute Gasteiger partial charge is 0.354 e. The molecule has 1 aromatic carbocycles. The molecule has 0 saturated carbocycles. The fraction of sp³-hybridized carbons (Fsp3) is 0.381. The van der Waals surface area contributed by atoms with E-state index < -0.39 is 0 Å². The maximum atomic E-state index is 6.01. The first kappa shape index (κ1) is 17.4. The molecule has 0 bridgehead atoms. The summed E-state index contributed by atoms with van der Waals surface area (Å²) in [5.74, 6) is 0.993. The van der Waals surface area contributed by atoms with Crippen molar-refractivity contribution in [3.63, 3.8) is 0 Å². The minimum atomic E-state index is 0.569. The molecule has 0 N–H and O–H groups in total. The number of fused-ring (bicyclic) bond motifs is 1. The minimum Gasteiger partial charge on any atom is -0.354 e. The molecule has 3 heterocycles. The van der Waals surface area contributed by atoms with Crippen LogP contribution < -0.4 is 4.90 Å². The Balaban J connectivity index is 1.28. The molecule has 4 rings (SSSR count). The molecule has 4 nitrogen and oxygen atoms in total. The molecule has 0 radical (unpaired) electrons. The number of anilines is 1. The second-order valence-corrected chi connectivity index (χ2v) is 7.42. The summed E-state index contributed by atoms with van der Waals surface area (Å²) in [6.07, 6.45) is 4.62. The van der Waals surface area contributed by atoms with E-state index in [1.165, 1.54) is 22.9 Å². The number of pyridine rings is 1. The zero-order valence-electron chi connectivity index (χ0n) is 15.2. The average molecular weight is 369 g/mol. The number of hydrogen-bond acceptors (Lipinski definition) is 3. The van der Waals surface area contributed by atoms with E-state index in [2.05, 4.69) is 56.9 Å². The van der Waals surface area contributed by atoms with Gasteiger partial charge >= 0.3 is 0 Å². The van der Waals surface area contributed by atoms with Gasteiger partial charge in [-0.15, -0.1) is 0 Å². The summed E-state index contributed by atoms with van der Waals surface area (Å²) in [4.78, 5) is 9.31. The molecule has 0 amide bonds. The summed E-state index contributed by atoms with van der Waals surface area (Å²) in [5.41, 5.74) is 2.79. The molecule has 1 saturated heterocycles. The molecule has 3 aromatic rings. The second kappa shape index (κ2) is 7.68. The summed E-state index contributed by atoms with van der Waals surface area (Å²) in [6.45, 7) is 5.36. The smallest absolute Gasteiger partial charge is 0.131 e. The van der Waals surface area contributed by atoms with Crippen LogP contribution in [0.3, 0.4) is 0 Å². The van der Waals surface area contributed by atoms with E-state index >= 15 is 0 Å². The van der Waals surface area contributed by atoms with Gasteiger partial charge in [0.2, 0.25) is 0 Å². The number of hydrogen-bond donors (Lipinski definition) is 0. The highest BCUT2D eigenvalue weighted by atomic mass is 35.5. The number of nitrogens with zero attached hydrogens (tertiary/aromatic N) is 4. The monoisotopic (exact) mass is 368 g/mol. The highest BCUT2D eigenvalue weighted by molar-refractivity contribution is 6.29. The van der Waals surface area contributed by atoms with Crippen LogP contribution in [0.4, 0.5) is 5.82 Å². The van der Waals surface area contributed by atoms with Crippen LogP contribution in [-0.2, 0) is 13.5 Å². The molecular formula is C21H25ClN4. The zero-order chi connectivity index (χ0) is 17.9. The maximum Gasteiger partial charge on any atom is 0.131 e. The second-order valence-electron chi connectivity index (χ2n) is 7.03.